The molecule has 0 saturated carbocycles. The van der Waals surface area contributed by atoms with Crippen LogP contribution >= 0.6 is 11.3 Å². The topological polar surface area (TPSA) is 61.0 Å². The Balaban J connectivity index is 2.18. The van der Waals surface area contributed by atoms with Gasteiger partial charge in [-0.2, -0.15) is 0 Å². The summed E-state index contributed by atoms with van der Waals surface area (Å²) in [7, 11) is 1.91. The van der Waals surface area contributed by atoms with Gasteiger partial charge in [0.25, 0.3) is 0 Å². The summed E-state index contributed by atoms with van der Waals surface area (Å²) in [5.41, 5.74) is 2.69. The van der Waals surface area contributed by atoms with Crippen LogP contribution in [-0.2, 0) is 7.05 Å². The third-order valence-corrected chi connectivity index (χ3v) is 3.69. The number of para-hydroxylation sites is 2. The highest BCUT2D eigenvalue weighted by Gasteiger charge is 2.15. The number of nitrogens with zero attached hydrogens (tertiary/aromatic N) is 3. The standard InChI is InChI=1S/C12H9N3O2S/c1-14-10-5-3-2-4-9(10)13-12(14)8-6-11(15(16)17)18-7-8/h2-7H,1H3. The van der Waals surface area contributed by atoms with E-state index in [1.54, 1.807) is 11.4 Å². The third-order valence-electron chi connectivity index (χ3n) is 2.81. The Bertz CT molecular complexity index is 745. The Labute approximate surface area is 106 Å². The number of fused-ring (bicyclic) bond motifs is 1. The summed E-state index contributed by atoms with van der Waals surface area (Å²) in [4.78, 5) is 14.8. The molecule has 2 aromatic heterocycles. The minimum atomic E-state index is -0.378. The van der Waals surface area contributed by atoms with Gasteiger partial charge in [-0.25, -0.2) is 4.98 Å². The van der Waals surface area contributed by atoms with E-state index in [0.29, 0.717) is 0 Å². The Morgan fingerprint density at radius 1 is 1.39 bits per heavy atom. The molecule has 3 aromatic rings. The quantitative estimate of drug-likeness (QED) is 0.524. The van der Waals surface area contributed by atoms with E-state index in [2.05, 4.69) is 4.98 Å². The lowest BCUT2D eigenvalue weighted by molar-refractivity contribution is -0.380. The van der Waals surface area contributed by atoms with Crippen molar-refractivity contribution in [1.29, 1.82) is 0 Å². The van der Waals surface area contributed by atoms with Gasteiger partial charge in [-0.15, -0.1) is 0 Å². The first-order chi connectivity index (χ1) is 8.66. The van der Waals surface area contributed by atoms with E-state index in [1.165, 1.54) is 0 Å². The SMILES string of the molecule is Cn1c(-c2csc([N+](=O)[O-])c2)nc2ccccc21. The van der Waals surface area contributed by atoms with Crippen LogP contribution in [0.3, 0.4) is 0 Å². The minimum Gasteiger partial charge on any atom is -0.327 e. The summed E-state index contributed by atoms with van der Waals surface area (Å²) in [5, 5.41) is 12.6. The van der Waals surface area contributed by atoms with Crippen molar-refractivity contribution in [1.82, 2.24) is 9.55 Å². The zero-order valence-corrected chi connectivity index (χ0v) is 10.3. The number of hydrogen-bond acceptors (Lipinski definition) is 4. The van der Waals surface area contributed by atoms with Gasteiger partial charge in [0.15, 0.2) is 0 Å². The first-order valence-corrected chi connectivity index (χ1v) is 6.19. The second-order valence-electron chi connectivity index (χ2n) is 3.91. The predicted octanol–water partition coefficient (Wildman–Crippen LogP) is 3.21. The number of nitro groups is 1. The number of benzene rings is 1. The van der Waals surface area contributed by atoms with Gasteiger partial charge in [-0.05, 0) is 12.1 Å². The average molecular weight is 259 g/mol. The normalized spacial score (nSPS) is 10.9. The maximum atomic E-state index is 10.7. The molecule has 2 heterocycles. The van der Waals surface area contributed by atoms with Gasteiger partial charge >= 0.3 is 5.00 Å². The van der Waals surface area contributed by atoms with E-state index in [9.17, 15) is 10.1 Å². The molecule has 0 amide bonds. The molecule has 0 radical (unpaired) electrons. The number of rotatable bonds is 2. The zero-order chi connectivity index (χ0) is 12.7. The minimum absolute atomic E-state index is 0.136. The number of hydrogen-bond donors (Lipinski definition) is 0. The second-order valence-corrected chi connectivity index (χ2v) is 4.80. The molecule has 0 saturated heterocycles. The highest BCUT2D eigenvalue weighted by molar-refractivity contribution is 7.13. The van der Waals surface area contributed by atoms with E-state index < -0.39 is 0 Å². The van der Waals surface area contributed by atoms with E-state index in [4.69, 9.17) is 0 Å². The molecule has 6 heteroatoms. The molecule has 90 valence electrons. The summed E-state index contributed by atoms with van der Waals surface area (Å²) in [5.74, 6) is 0.751. The molecule has 0 unspecified atom stereocenters. The highest BCUT2D eigenvalue weighted by Crippen LogP contribution is 2.31. The fraction of sp³-hybridized carbons (Fsp3) is 0.0833. The molecule has 0 N–H and O–H groups in total. The lowest BCUT2D eigenvalue weighted by Gasteiger charge is -1.98. The van der Waals surface area contributed by atoms with Crippen LogP contribution < -0.4 is 0 Å². The summed E-state index contributed by atoms with van der Waals surface area (Å²) in [6.07, 6.45) is 0. The maximum absolute atomic E-state index is 10.7. The molecule has 0 aliphatic rings. The Morgan fingerprint density at radius 3 is 2.83 bits per heavy atom. The molecule has 18 heavy (non-hydrogen) atoms. The molecule has 1 aromatic carbocycles. The largest absolute Gasteiger partial charge is 0.327 e. The Kier molecular flexibility index (Phi) is 2.38. The van der Waals surface area contributed by atoms with E-state index >= 15 is 0 Å². The van der Waals surface area contributed by atoms with E-state index in [-0.39, 0.29) is 9.92 Å². The second kappa shape index (κ2) is 3.92. The third kappa shape index (κ3) is 1.58. The molecule has 0 bridgehead atoms. The van der Waals surface area contributed by atoms with Crippen LogP contribution in [0.5, 0.6) is 0 Å². The zero-order valence-electron chi connectivity index (χ0n) is 9.53. The van der Waals surface area contributed by atoms with Crippen LogP contribution in [0.4, 0.5) is 5.00 Å². The lowest BCUT2D eigenvalue weighted by Crippen LogP contribution is -1.90. The van der Waals surface area contributed by atoms with Crippen molar-refractivity contribution in [3.8, 4) is 11.4 Å². The fourth-order valence-corrected chi connectivity index (χ4v) is 2.64. The van der Waals surface area contributed by atoms with Gasteiger partial charge in [0.05, 0.1) is 16.0 Å². The van der Waals surface area contributed by atoms with E-state index in [1.807, 2.05) is 35.9 Å². The van der Waals surface area contributed by atoms with Gasteiger partial charge in [0.1, 0.15) is 5.82 Å². The van der Waals surface area contributed by atoms with Crippen LogP contribution in [0.1, 0.15) is 0 Å². The summed E-state index contributed by atoms with van der Waals surface area (Å²) in [6, 6.07) is 9.34. The van der Waals surface area contributed by atoms with Gasteiger partial charge < -0.3 is 4.57 Å². The molecule has 0 aliphatic heterocycles. The Hall–Kier alpha value is -2.21. The van der Waals surface area contributed by atoms with Crippen molar-refractivity contribution in [2.24, 2.45) is 7.05 Å². The van der Waals surface area contributed by atoms with Crippen molar-refractivity contribution in [2.75, 3.05) is 0 Å². The monoisotopic (exact) mass is 259 g/mol. The predicted molar refractivity (Wildman–Crippen MR) is 70.7 cm³/mol. The first-order valence-electron chi connectivity index (χ1n) is 5.31. The van der Waals surface area contributed by atoms with Crippen LogP contribution in [0.15, 0.2) is 35.7 Å². The molecule has 0 atom stereocenters. The van der Waals surface area contributed by atoms with Gasteiger partial charge in [0.2, 0.25) is 0 Å². The number of aryl methyl sites for hydroxylation is 1. The molecule has 5 nitrogen and oxygen atoms in total. The molecule has 0 aliphatic carbocycles. The van der Waals surface area contributed by atoms with Crippen LogP contribution in [0, 0.1) is 10.1 Å². The maximum Gasteiger partial charge on any atom is 0.324 e. The smallest absolute Gasteiger partial charge is 0.324 e. The van der Waals surface area contributed by atoms with Crippen molar-refractivity contribution in [2.45, 2.75) is 0 Å². The first kappa shape index (κ1) is 10.9. The fourth-order valence-electron chi connectivity index (χ4n) is 1.94. The lowest BCUT2D eigenvalue weighted by atomic mass is 10.3. The van der Waals surface area contributed by atoms with Crippen LogP contribution in [0.2, 0.25) is 0 Å². The molecular weight excluding hydrogens is 250 g/mol. The van der Waals surface area contributed by atoms with Gasteiger partial charge in [-0.3, -0.25) is 10.1 Å². The highest BCUT2D eigenvalue weighted by atomic mass is 32.1. The van der Waals surface area contributed by atoms with Gasteiger partial charge in [-0.1, -0.05) is 23.5 Å². The summed E-state index contributed by atoms with van der Waals surface area (Å²) in [6.45, 7) is 0. The van der Waals surface area contributed by atoms with Crippen LogP contribution in [-0.4, -0.2) is 14.5 Å². The summed E-state index contributed by atoms with van der Waals surface area (Å²) < 4.78 is 1.95. The average Bonchev–Trinajstić information content (AvgIpc) is 2.95. The number of aromatic nitrogens is 2. The Morgan fingerprint density at radius 2 is 2.17 bits per heavy atom. The summed E-state index contributed by atoms with van der Waals surface area (Å²) >= 11 is 1.12. The van der Waals surface area contributed by atoms with Crippen molar-refractivity contribution in [3.63, 3.8) is 0 Å². The van der Waals surface area contributed by atoms with Crippen molar-refractivity contribution >= 4 is 27.4 Å². The van der Waals surface area contributed by atoms with Crippen molar-refractivity contribution in [3.05, 3.63) is 45.8 Å². The van der Waals surface area contributed by atoms with E-state index in [0.717, 1.165) is 33.8 Å². The molecule has 3 rings (SSSR count). The molecular formula is C12H9N3O2S. The van der Waals surface area contributed by atoms with Gasteiger partial charge in [0, 0.05) is 24.1 Å². The molecule has 0 spiro atoms. The molecule has 0 fully saturated rings. The van der Waals surface area contributed by atoms with Crippen LogP contribution in [0.25, 0.3) is 22.4 Å². The number of thiophene rings is 1. The number of imidazole rings is 1. The van der Waals surface area contributed by atoms with Crippen molar-refractivity contribution < 1.29 is 4.92 Å².